The summed E-state index contributed by atoms with van der Waals surface area (Å²) in [5.74, 6) is 0.658. The highest BCUT2D eigenvalue weighted by Crippen LogP contribution is 2.78. The maximum Gasteiger partial charge on any atom is 0.264 e. The SMILES string of the molecule is CC(C)(C)c1ccc(N(c2cc3c4c(c2)N2c5c(cc(C(C)(C)C)cc5C5(C)CCCCC25C)B4c2sc4cc5c(cc4c2N3c2ccc3c(c2)C2(CC4CCC2(C)C4(C)C)c2ccccc2-3)C(C)(C)CCC5(C)C)c2cccc3c2oc2ccccc23)cc1. The average molecular weight is 1200 g/mol. The zero-order chi connectivity index (χ0) is 62.1. The Labute approximate surface area is 539 Å². The van der Waals surface area contributed by atoms with E-state index in [-0.39, 0.29) is 55.6 Å². The number of fused-ring (bicyclic) bond motifs is 21. The van der Waals surface area contributed by atoms with Crippen LogP contribution in [0.15, 0.2) is 150 Å². The smallest absolute Gasteiger partial charge is 0.264 e. The normalized spacial score (nSPS) is 25.8. The molecule has 0 N–H and O–H groups in total. The molecule has 2 bridgehead atoms. The van der Waals surface area contributed by atoms with Gasteiger partial charge >= 0.3 is 0 Å². The lowest BCUT2D eigenvalue weighted by Crippen LogP contribution is -2.64. The van der Waals surface area contributed by atoms with Crippen LogP contribution in [0.25, 0.3) is 43.2 Å². The molecule has 3 saturated carbocycles. The maximum atomic E-state index is 7.17. The molecule has 10 aromatic rings. The van der Waals surface area contributed by atoms with E-state index in [1.165, 1.54) is 139 Å². The molecule has 8 aliphatic rings. The number of nitrogens with zero attached hydrogens (tertiary/aromatic N) is 3. The molecule has 1 spiro atoms. The van der Waals surface area contributed by atoms with E-state index in [1.807, 2.05) is 0 Å². The van der Waals surface area contributed by atoms with Crippen molar-refractivity contribution in [2.24, 2.45) is 16.7 Å². The van der Waals surface area contributed by atoms with E-state index in [1.54, 1.807) is 16.7 Å². The van der Waals surface area contributed by atoms with Crippen LogP contribution < -0.4 is 30.4 Å². The highest BCUT2D eigenvalue weighted by molar-refractivity contribution is 7.33. The van der Waals surface area contributed by atoms with Gasteiger partial charge in [0, 0.05) is 64.9 Å². The first-order chi connectivity index (χ1) is 42.7. The largest absolute Gasteiger partial charge is 0.454 e. The predicted molar refractivity (Wildman–Crippen MR) is 384 cm³/mol. The van der Waals surface area contributed by atoms with E-state index in [2.05, 4.69) is 275 Å². The summed E-state index contributed by atoms with van der Waals surface area (Å²) < 4.78 is 10.1. The summed E-state index contributed by atoms with van der Waals surface area (Å²) in [6.45, 7) is 37.7. The average Bonchev–Trinajstić information content (AvgIpc) is 1.48. The Morgan fingerprint density at radius 2 is 1.24 bits per heavy atom. The van der Waals surface area contributed by atoms with Gasteiger partial charge in [0.25, 0.3) is 6.71 Å². The van der Waals surface area contributed by atoms with Crippen molar-refractivity contribution in [3.05, 3.63) is 185 Å². The van der Waals surface area contributed by atoms with Gasteiger partial charge in [-0.25, -0.2) is 0 Å². The monoisotopic (exact) mass is 1200 g/mol. The lowest BCUT2D eigenvalue weighted by atomic mass is 9.36. The Bertz CT molecular complexity index is 4810. The van der Waals surface area contributed by atoms with Gasteiger partial charge in [-0.2, -0.15) is 0 Å². The van der Waals surface area contributed by atoms with Crippen LogP contribution in [0, 0.1) is 16.7 Å². The Morgan fingerprint density at radius 3 is 1.98 bits per heavy atom. The molecule has 6 heteroatoms. The van der Waals surface area contributed by atoms with Gasteiger partial charge < -0.3 is 19.1 Å². The topological polar surface area (TPSA) is 22.9 Å². The zero-order valence-corrected chi connectivity index (χ0v) is 56.8. The van der Waals surface area contributed by atoms with Crippen molar-refractivity contribution in [2.75, 3.05) is 14.7 Å². The third kappa shape index (κ3) is 6.80. The van der Waals surface area contributed by atoms with Crippen LogP contribution in [-0.4, -0.2) is 12.3 Å². The molecule has 0 radical (unpaired) electrons. The summed E-state index contributed by atoms with van der Waals surface area (Å²) in [6.07, 6.45) is 10.8. The minimum Gasteiger partial charge on any atom is -0.454 e. The van der Waals surface area contributed by atoms with Gasteiger partial charge in [-0.1, -0.05) is 195 Å². The van der Waals surface area contributed by atoms with Crippen LogP contribution >= 0.6 is 11.3 Å². The molecule has 5 aliphatic carbocycles. The molecule has 2 aromatic heterocycles. The van der Waals surface area contributed by atoms with Crippen molar-refractivity contribution >= 4 is 111 Å². The van der Waals surface area contributed by atoms with Crippen molar-refractivity contribution in [1.82, 2.24) is 0 Å². The first-order valence-corrected chi connectivity index (χ1v) is 35.2. The zero-order valence-electron chi connectivity index (χ0n) is 56.0. The molecule has 18 rings (SSSR count). The number of hydrogen-bond acceptors (Lipinski definition) is 5. The summed E-state index contributed by atoms with van der Waals surface area (Å²) >= 11 is 2.11. The van der Waals surface area contributed by atoms with Gasteiger partial charge in [0.05, 0.1) is 22.6 Å². The summed E-state index contributed by atoms with van der Waals surface area (Å²) in [6, 6.07) is 58.6. The molecular weight excluding hydrogens is 1110 g/mol. The van der Waals surface area contributed by atoms with Gasteiger partial charge in [0.2, 0.25) is 0 Å². The van der Waals surface area contributed by atoms with Crippen LogP contribution in [0.3, 0.4) is 0 Å². The molecule has 5 unspecified atom stereocenters. The van der Waals surface area contributed by atoms with Gasteiger partial charge in [0.15, 0.2) is 5.58 Å². The molecule has 4 nitrogen and oxygen atoms in total. The number of furan rings is 1. The van der Waals surface area contributed by atoms with Crippen molar-refractivity contribution in [3.63, 3.8) is 0 Å². The molecular formula is C84H88BN3OS. The highest BCUT2D eigenvalue weighted by atomic mass is 32.1. The fourth-order valence-electron chi connectivity index (χ4n) is 20.8. The number of thiophene rings is 1. The number of benzene rings is 8. The molecule has 5 heterocycles. The second-order valence-electron chi connectivity index (χ2n) is 34.1. The van der Waals surface area contributed by atoms with E-state index in [0.29, 0.717) is 5.92 Å². The van der Waals surface area contributed by atoms with E-state index < -0.39 is 0 Å². The first kappa shape index (κ1) is 55.8. The molecule has 0 saturated heterocycles. The van der Waals surface area contributed by atoms with Gasteiger partial charge in [0.1, 0.15) is 5.58 Å². The summed E-state index contributed by atoms with van der Waals surface area (Å²) in [5.41, 5.74) is 28.1. The fraction of sp³-hybridized carbons (Fsp3) is 0.405. The van der Waals surface area contributed by atoms with Crippen LogP contribution in [0.2, 0.25) is 0 Å². The quantitative estimate of drug-likeness (QED) is 0.164. The summed E-state index contributed by atoms with van der Waals surface area (Å²) in [4.78, 5) is 8.41. The maximum absolute atomic E-state index is 7.17. The van der Waals surface area contributed by atoms with Crippen LogP contribution in [0.1, 0.15) is 201 Å². The van der Waals surface area contributed by atoms with Crippen LogP contribution in [0.4, 0.5) is 45.5 Å². The Kier molecular flexibility index (Phi) is 10.9. The molecule has 3 aliphatic heterocycles. The third-order valence-electron chi connectivity index (χ3n) is 26.6. The third-order valence-corrected chi connectivity index (χ3v) is 27.9. The van der Waals surface area contributed by atoms with E-state index >= 15 is 0 Å². The standard InChI is InChI=1S/C84H88BN3OS/c1-76(2,3)49-29-31-52(32-30-49)86(66-27-22-25-58-57-24-17-19-28-69(57)89-74(58)66)54-44-67-71-68(45-54)88-73-64(81(13)36-20-21-37-83(81,88)15)41-51(77(4,5)6)42-65(73)85(71)75-72(59-46-62-63(47-70(59)90-75)79(9,10)40-39-78(62,7)8)87(67)53-33-34-56-55-23-16-18-26-60(55)84(61(56)43-53)48-50-35-38-82(84,14)80(50,11)12/h16-19,22-34,41-47,50H,20-21,35-40,48H2,1-15H3. The second kappa shape index (κ2) is 17.6. The minimum absolute atomic E-state index is 0.000901. The first-order valence-electron chi connectivity index (χ1n) is 34.3. The highest BCUT2D eigenvalue weighted by Gasteiger charge is 2.71. The molecule has 454 valence electrons. The van der Waals surface area contributed by atoms with Gasteiger partial charge in [-0.3, -0.25) is 0 Å². The van der Waals surface area contributed by atoms with Crippen molar-refractivity contribution < 1.29 is 4.42 Å². The van der Waals surface area contributed by atoms with Crippen molar-refractivity contribution in [3.8, 4) is 11.1 Å². The number of hydrogen-bond donors (Lipinski definition) is 0. The van der Waals surface area contributed by atoms with Crippen LogP contribution in [0.5, 0.6) is 0 Å². The molecule has 3 fully saturated rings. The second-order valence-corrected chi connectivity index (χ2v) is 35.1. The molecule has 90 heavy (non-hydrogen) atoms. The molecule has 0 amide bonds. The predicted octanol–water partition coefficient (Wildman–Crippen LogP) is 21.7. The number of anilines is 8. The Balaban J connectivity index is 1.00. The van der Waals surface area contributed by atoms with Crippen molar-refractivity contribution in [1.29, 1.82) is 0 Å². The van der Waals surface area contributed by atoms with Gasteiger partial charge in [-0.05, 0) is 212 Å². The number of rotatable bonds is 4. The van der Waals surface area contributed by atoms with E-state index in [4.69, 9.17) is 4.42 Å². The summed E-state index contributed by atoms with van der Waals surface area (Å²) in [7, 11) is 0. The summed E-state index contributed by atoms with van der Waals surface area (Å²) in [5, 5.41) is 3.67. The van der Waals surface area contributed by atoms with E-state index in [0.717, 1.165) is 45.4 Å². The van der Waals surface area contributed by atoms with Crippen LogP contribution in [-0.2, 0) is 32.5 Å². The lowest BCUT2D eigenvalue weighted by Gasteiger charge is -2.52. The fourth-order valence-corrected chi connectivity index (χ4v) is 22.1. The Morgan fingerprint density at radius 1 is 0.556 bits per heavy atom. The Hall–Kier alpha value is -7.02. The minimum atomic E-state index is -0.189. The van der Waals surface area contributed by atoms with E-state index in [9.17, 15) is 0 Å². The number of para-hydroxylation sites is 2. The molecule has 8 aromatic carbocycles. The molecule has 5 atom stereocenters. The lowest BCUT2D eigenvalue weighted by molar-refractivity contribution is 0.0990. The van der Waals surface area contributed by atoms with Gasteiger partial charge in [-0.15, -0.1) is 11.3 Å². The van der Waals surface area contributed by atoms with Crippen molar-refractivity contribution in [2.45, 2.75) is 200 Å².